The number of carbonyl (C=O) groups is 1. The Balaban J connectivity index is 1.56. The van der Waals surface area contributed by atoms with Crippen LogP contribution in [0.1, 0.15) is 17.8 Å². The maximum absolute atomic E-state index is 12.4. The number of nitrogens with zero attached hydrogens (tertiary/aromatic N) is 2. The number of fused-ring (bicyclic) bond motifs is 1. The molecule has 1 amide bonds. The molecule has 136 valence electrons. The van der Waals surface area contributed by atoms with Crippen LogP contribution in [-0.2, 0) is 11.2 Å². The molecular formula is C24H19N3O. The molecule has 0 atom stereocenters. The van der Waals surface area contributed by atoms with E-state index in [0.717, 1.165) is 28.1 Å². The maximum atomic E-state index is 12.4. The van der Waals surface area contributed by atoms with Gasteiger partial charge in [-0.3, -0.25) is 9.36 Å². The summed E-state index contributed by atoms with van der Waals surface area (Å²) in [6.45, 7) is 0. The van der Waals surface area contributed by atoms with Crippen LogP contribution in [0.5, 0.6) is 0 Å². The third-order valence-corrected chi connectivity index (χ3v) is 4.53. The number of aromatic nitrogens is 2. The molecule has 1 heterocycles. The average Bonchev–Trinajstić information content (AvgIpc) is 3.11. The Morgan fingerprint density at radius 2 is 1.79 bits per heavy atom. The summed E-state index contributed by atoms with van der Waals surface area (Å²) < 4.78 is 2.11. The molecule has 0 radical (unpaired) electrons. The van der Waals surface area contributed by atoms with Crippen molar-refractivity contribution in [1.29, 1.82) is 0 Å². The molecule has 0 spiro atoms. The largest absolute Gasteiger partial charge is 0.326 e. The summed E-state index contributed by atoms with van der Waals surface area (Å²) in [5.74, 6) is 3.37. The van der Waals surface area contributed by atoms with Crippen LogP contribution < -0.4 is 5.32 Å². The number of hydrogen-bond acceptors (Lipinski definition) is 2. The Hall–Kier alpha value is -3.84. The smallest absolute Gasteiger partial charge is 0.224 e. The van der Waals surface area contributed by atoms with Crippen molar-refractivity contribution >= 4 is 22.6 Å². The van der Waals surface area contributed by atoms with Crippen LogP contribution in [0, 0.1) is 12.3 Å². The molecule has 0 saturated heterocycles. The highest BCUT2D eigenvalue weighted by atomic mass is 16.1. The summed E-state index contributed by atoms with van der Waals surface area (Å²) in [5.41, 5.74) is 4.43. The zero-order valence-electron chi connectivity index (χ0n) is 15.3. The van der Waals surface area contributed by atoms with Gasteiger partial charge in [0.25, 0.3) is 0 Å². The van der Waals surface area contributed by atoms with Crippen LogP contribution in [-0.4, -0.2) is 15.5 Å². The van der Waals surface area contributed by atoms with Crippen LogP contribution in [0.3, 0.4) is 0 Å². The van der Waals surface area contributed by atoms with E-state index in [9.17, 15) is 4.79 Å². The highest BCUT2D eigenvalue weighted by Gasteiger charge is 2.13. The summed E-state index contributed by atoms with van der Waals surface area (Å²) >= 11 is 0. The zero-order valence-corrected chi connectivity index (χ0v) is 15.3. The van der Waals surface area contributed by atoms with Crippen molar-refractivity contribution in [3.63, 3.8) is 0 Å². The number of imidazole rings is 1. The minimum Gasteiger partial charge on any atom is -0.326 e. The van der Waals surface area contributed by atoms with Crippen LogP contribution in [0.15, 0.2) is 78.9 Å². The lowest BCUT2D eigenvalue weighted by Crippen LogP contribution is -2.14. The average molecular weight is 365 g/mol. The number of amides is 1. The van der Waals surface area contributed by atoms with E-state index in [0.29, 0.717) is 18.5 Å². The first-order valence-corrected chi connectivity index (χ1v) is 9.13. The lowest BCUT2D eigenvalue weighted by molar-refractivity contribution is -0.116. The van der Waals surface area contributed by atoms with Gasteiger partial charge in [-0.05, 0) is 42.5 Å². The molecule has 4 aromatic rings. The number of carbonyl (C=O) groups excluding carboxylic acids is 1. The van der Waals surface area contributed by atoms with Crippen molar-refractivity contribution in [1.82, 2.24) is 9.55 Å². The molecule has 0 saturated carbocycles. The topological polar surface area (TPSA) is 46.9 Å². The fraction of sp³-hybridized carbons (Fsp3) is 0.0833. The van der Waals surface area contributed by atoms with Crippen molar-refractivity contribution in [2.24, 2.45) is 0 Å². The number of nitrogens with one attached hydrogen (secondary N) is 1. The highest BCUT2D eigenvalue weighted by molar-refractivity contribution is 5.91. The van der Waals surface area contributed by atoms with E-state index in [4.69, 9.17) is 11.4 Å². The van der Waals surface area contributed by atoms with E-state index in [1.54, 1.807) is 6.07 Å². The van der Waals surface area contributed by atoms with E-state index in [1.807, 2.05) is 72.8 Å². The number of aryl methyl sites for hydroxylation is 1. The van der Waals surface area contributed by atoms with Gasteiger partial charge in [0, 0.05) is 29.8 Å². The van der Waals surface area contributed by atoms with Crippen molar-refractivity contribution in [3.8, 4) is 18.0 Å². The Labute approximate surface area is 163 Å². The predicted molar refractivity (Wildman–Crippen MR) is 112 cm³/mol. The fourth-order valence-corrected chi connectivity index (χ4v) is 3.24. The molecule has 0 unspecified atom stereocenters. The van der Waals surface area contributed by atoms with Gasteiger partial charge in [-0.2, -0.15) is 0 Å². The van der Waals surface area contributed by atoms with Crippen molar-refractivity contribution < 1.29 is 4.79 Å². The van der Waals surface area contributed by atoms with Gasteiger partial charge in [0.1, 0.15) is 5.82 Å². The number of anilines is 1. The summed E-state index contributed by atoms with van der Waals surface area (Å²) in [5, 5.41) is 2.91. The van der Waals surface area contributed by atoms with E-state index in [1.165, 1.54) is 0 Å². The SMILES string of the molecule is C#Cc1cccc(NC(=O)CCc2nc3ccccc3n2-c2ccccc2)c1. The lowest BCUT2D eigenvalue weighted by atomic mass is 10.2. The summed E-state index contributed by atoms with van der Waals surface area (Å²) in [6, 6.07) is 25.4. The van der Waals surface area contributed by atoms with Crippen LogP contribution in [0.2, 0.25) is 0 Å². The van der Waals surface area contributed by atoms with Crippen molar-refractivity contribution in [2.45, 2.75) is 12.8 Å². The molecule has 0 aliphatic carbocycles. The Kier molecular flexibility index (Phi) is 4.90. The Bertz CT molecular complexity index is 1170. The normalized spacial score (nSPS) is 10.5. The number of rotatable bonds is 5. The molecule has 1 aromatic heterocycles. The van der Waals surface area contributed by atoms with Gasteiger partial charge < -0.3 is 5.32 Å². The second-order valence-electron chi connectivity index (χ2n) is 6.46. The zero-order chi connectivity index (χ0) is 19.3. The number of hydrogen-bond donors (Lipinski definition) is 1. The highest BCUT2D eigenvalue weighted by Crippen LogP contribution is 2.22. The standard InChI is InChI=1S/C24H19N3O/c1-2-18-9-8-10-19(17-18)25-24(28)16-15-23-26-21-13-6-7-14-22(21)27(23)20-11-4-3-5-12-20/h1,3-14,17H,15-16H2,(H,25,28). The quantitative estimate of drug-likeness (QED) is 0.526. The first-order valence-electron chi connectivity index (χ1n) is 9.13. The number of para-hydroxylation sites is 3. The lowest BCUT2D eigenvalue weighted by Gasteiger charge is -2.10. The van der Waals surface area contributed by atoms with Gasteiger partial charge in [0.05, 0.1) is 11.0 Å². The fourth-order valence-electron chi connectivity index (χ4n) is 3.24. The molecule has 0 aliphatic heterocycles. The Morgan fingerprint density at radius 1 is 1.00 bits per heavy atom. The third kappa shape index (κ3) is 3.65. The maximum Gasteiger partial charge on any atom is 0.224 e. The van der Waals surface area contributed by atoms with Gasteiger partial charge in [-0.1, -0.05) is 42.3 Å². The minimum absolute atomic E-state index is 0.0687. The first-order chi connectivity index (χ1) is 13.7. The van der Waals surface area contributed by atoms with E-state index in [-0.39, 0.29) is 5.91 Å². The summed E-state index contributed by atoms with van der Waals surface area (Å²) in [4.78, 5) is 17.2. The van der Waals surface area contributed by atoms with Crippen molar-refractivity contribution in [3.05, 3.63) is 90.3 Å². The third-order valence-electron chi connectivity index (χ3n) is 4.53. The monoisotopic (exact) mass is 365 g/mol. The summed E-state index contributed by atoms with van der Waals surface area (Å²) in [6.07, 6.45) is 6.28. The molecule has 28 heavy (non-hydrogen) atoms. The van der Waals surface area contributed by atoms with Gasteiger partial charge in [-0.15, -0.1) is 6.42 Å². The number of terminal acetylenes is 1. The molecule has 4 rings (SSSR count). The van der Waals surface area contributed by atoms with E-state index >= 15 is 0 Å². The predicted octanol–water partition coefficient (Wildman–Crippen LogP) is 4.58. The van der Waals surface area contributed by atoms with Gasteiger partial charge in [0.2, 0.25) is 5.91 Å². The molecule has 4 heteroatoms. The molecule has 1 N–H and O–H groups in total. The molecule has 0 fully saturated rings. The second kappa shape index (κ2) is 7.81. The molecule has 0 aliphatic rings. The van der Waals surface area contributed by atoms with E-state index in [2.05, 4.69) is 15.8 Å². The molecule has 0 bridgehead atoms. The minimum atomic E-state index is -0.0687. The van der Waals surface area contributed by atoms with Crippen LogP contribution in [0.25, 0.3) is 16.7 Å². The van der Waals surface area contributed by atoms with Gasteiger partial charge in [0.15, 0.2) is 0 Å². The van der Waals surface area contributed by atoms with Crippen molar-refractivity contribution in [2.75, 3.05) is 5.32 Å². The molecular weight excluding hydrogens is 346 g/mol. The number of benzene rings is 3. The molecule has 3 aromatic carbocycles. The summed E-state index contributed by atoms with van der Waals surface area (Å²) in [7, 11) is 0. The van der Waals surface area contributed by atoms with Crippen LogP contribution >= 0.6 is 0 Å². The van der Waals surface area contributed by atoms with Gasteiger partial charge in [-0.25, -0.2) is 4.98 Å². The Morgan fingerprint density at radius 3 is 2.61 bits per heavy atom. The van der Waals surface area contributed by atoms with Gasteiger partial charge >= 0.3 is 0 Å². The van der Waals surface area contributed by atoms with Crippen LogP contribution in [0.4, 0.5) is 5.69 Å². The second-order valence-corrected chi connectivity index (χ2v) is 6.46. The molecule has 4 nitrogen and oxygen atoms in total. The van der Waals surface area contributed by atoms with E-state index < -0.39 is 0 Å². The first kappa shape index (κ1) is 17.6.